The molecule has 0 bridgehead atoms. The molecule has 0 radical (unpaired) electrons. The first-order chi connectivity index (χ1) is 11.1. The van der Waals surface area contributed by atoms with E-state index in [-0.39, 0.29) is 11.8 Å². The van der Waals surface area contributed by atoms with Gasteiger partial charge in [-0.25, -0.2) is 0 Å². The van der Waals surface area contributed by atoms with Crippen LogP contribution in [0.3, 0.4) is 0 Å². The summed E-state index contributed by atoms with van der Waals surface area (Å²) in [6.07, 6.45) is 3.71. The third-order valence-corrected chi connectivity index (χ3v) is 5.75. The van der Waals surface area contributed by atoms with Crippen LogP contribution in [-0.2, 0) is 17.8 Å². The molecule has 0 unspecified atom stereocenters. The third-order valence-electron chi connectivity index (χ3n) is 4.55. The summed E-state index contributed by atoms with van der Waals surface area (Å²) in [6, 6.07) is 10.9. The van der Waals surface area contributed by atoms with Crippen LogP contribution in [0.4, 0.5) is 0 Å². The van der Waals surface area contributed by atoms with Crippen molar-refractivity contribution in [3.05, 3.63) is 69.4 Å². The minimum atomic E-state index is 0.0275. The van der Waals surface area contributed by atoms with E-state index in [2.05, 4.69) is 50.8 Å². The summed E-state index contributed by atoms with van der Waals surface area (Å²) in [7, 11) is 0. The molecule has 0 N–H and O–H groups in total. The quantitative estimate of drug-likeness (QED) is 0.748. The normalized spacial score (nSPS) is 17.0. The largest absolute Gasteiger partial charge is 0.333 e. The van der Waals surface area contributed by atoms with Crippen molar-refractivity contribution in [1.29, 1.82) is 0 Å². The Bertz CT molecular complexity index is 731. The lowest BCUT2D eigenvalue weighted by Gasteiger charge is -2.33. The summed E-state index contributed by atoms with van der Waals surface area (Å²) in [5.74, 6) is 0.297. The number of amides is 1. The molecule has 0 aliphatic carbocycles. The van der Waals surface area contributed by atoms with E-state index in [1.807, 2.05) is 16.2 Å². The molecule has 2 nitrogen and oxygen atoms in total. The van der Waals surface area contributed by atoms with Gasteiger partial charge in [0.2, 0.25) is 5.91 Å². The van der Waals surface area contributed by atoms with Crippen molar-refractivity contribution in [3.63, 3.8) is 0 Å². The lowest BCUT2D eigenvalue weighted by atomic mass is 9.85. The average Bonchev–Trinajstić information content (AvgIpc) is 2.96. The molecule has 3 rings (SSSR count). The second-order valence-corrected chi connectivity index (χ2v) is 7.39. The predicted molar refractivity (Wildman–Crippen MR) is 97.0 cm³/mol. The number of rotatable bonds is 4. The van der Waals surface area contributed by atoms with E-state index in [1.54, 1.807) is 0 Å². The molecule has 0 saturated heterocycles. The highest BCUT2D eigenvalue weighted by molar-refractivity contribution is 7.12. The molecule has 23 heavy (non-hydrogen) atoms. The van der Waals surface area contributed by atoms with Gasteiger partial charge in [0.15, 0.2) is 0 Å². The summed E-state index contributed by atoms with van der Waals surface area (Å²) in [5.41, 5.74) is 4.04. The minimum Gasteiger partial charge on any atom is -0.333 e. The van der Waals surface area contributed by atoms with E-state index < -0.39 is 0 Å². The van der Waals surface area contributed by atoms with Gasteiger partial charge in [-0.15, -0.1) is 11.3 Å². The molecule has 0 fully saturated rings. The van der Waals surface area contributed by atoms with E-state index in [1.165, 1.54) is 32.5 Å². The van der Waals surface area contributed by atoms with Gasteiger partial charge in [0.05, 0.1) is 6.54 Å². The molecular weight excluding hydrogens is 302 g/mol. The molecule has 1 aliphatic rings. The Morgan fingerprint density at radius 1 is 1.39 bits per heavy atom. The summed E-state index contributed by atoms with van der Waals surface area (Å²) in [6.45, 7) is 9.48. The molecular formula is C20H23NOS. The molecule has 2 heterocycles. The van der Waals surface area contributed by atoms with Gasteiger partial charge in [-0.05, 0) is 42.2 Å². The number of hydrogen-bond donors (Lipinski definition) is 0. The maximum Gasteiger partial charge on any atom is 0.246 e. The molecule has 0 spiro atoms. The topological polar surface area (TPSA) is 20.3 Å². The number of benzene rings is 1. The Kier molecular flexibility index (Phi) is 4.67. The first kappa shape index (κ1) is 16.0. The Morgan fingerprint density at radius 2 is 2.17 bits per heavy atom. The van der Waals surface area contributed by atoms with Gasteiger partial charge < -0.3 is 4.90 Å². The molecule has 3 heteroatoms. The lowest BCUT2D eigenvalue weighted by molar-refractivity contribution is -0.127. The molecule has 1 aliphatic heterocycles. The van der Waals surface area contributed by atoms with Gasteiger partial charge in [0.1, 0.15) is 0 Å². The zero-order valence-electron chi connectivity index (χ0n) is 13.8. The molecule has 1 atom stereocenters. The van der Waals surface area contributed by atoms with Crippen molar-refractivity contribution in [1.82, 2.24) is 4.90 Å². The van der Waals surface area contributed by atoms with Crippen LogP contribution >= 0.6 is 11.3 Å². The lowest BCUT2D eigenvalue weighted by Crippen LogP contribution is -2.37. The first-order valence-electron chi connectivity index (χ1n) is 8.22. The predicted octanol–water partition coefficient (Wildman–Crippen LogP) is 4.67. The molecule has 120 valence electrons. The standard InChI is InChI=1S/C20H23NOS/c1-4-8-15-11-17-18(16-10-7-6-9-14(16)3)12-21(20(22)5-2)13-19(17)23-15/h5-7,9-11,18H,2,4,8,12-13H2,1,3H3/t18-/m1/s1. The van der Waals surface area contributed by atoms with Crippen molar-refractivity contribution in [2.75, 3.05) is 6.54 Å². The van der Waals surface area contributed by atoms with Crippen molar-refractivity contribution >= 4 is 17.2 Å². The van der Waals surface area contributed by atoms with Crippen LogP contribution in [0.25, 0.3) is 0 Å². The molecule has 1 aromatic carbocycles. The first-order valence-corrected chi connectivity index (χ1v) is 9.04. The van der Waals surface area contributed by atoms with E-state index in [4.69, 9.17) is 0 Å². The number of carbonyl (C=O) groups excluding carboxylic acids is 1. The van der Waals surface area contributed by atoms with Crippen molar-refractivity contribution in [3.8, 4) is 0 Å². The van der Waals surface area contributed by atoms with Crippen LogP contribution < -0.4 is 0 Å². The van der Waals surface area contributed by atoms with Gasteiger partial charge in [-0.2, -0.15) is 0 Å². The van der Waals surface area contributed by atoms with Crippen LogP contribution in [0.1, 0.15) is 45.7 Å². The maximum absolute atomic E-state index is 12.2. The molecule has 2 aromatic rings. The van der Waals surface area contributed by atoms with Crippen LogP contribution in [0.15, 0.2) is 43.0 Å². The van der Waals surface area contributed by atoms with Gasteiger partial charge in [-0.3, -0.25) is 4.79 Å². The number of aryl methyl sites for hydroxylation is 2. The Hall–Kier alpha value is -1.87. The molecule has 1 amide bonds. The van der Waals surface area contributed by atoms with Crippen molar-refractivity contribution in [2.45, 2.75) is 39.2 Å². The summed E-state index contributed by atoms with van der Waals surface area (Å²) in [5, 5.41) is 0. The van der Waals surface area contributed by atoms with E-state index in [0.29, 0.717) is 0 Å². The Morgan fingerprint density at radius 3 is 2.87 bits per heavy atom. The van der Waals surface area contributed by atoms with Crippen molar-refractivity contribution < 1.29 is 4.79 Å². The van der Waals surface area contributed by atoms with Crippen LogP contribution in [-0.4, -0.2) is 17.4 Å². The fourth-order valence-corrected chi connectivity index (χ4v) is 4.73. The minimum absolute atomic E-state index is 0.0275. The molecule has 0 saturated carbocycles. The number of carbonyl (C=O) groups is 1. The van der Waals surface area contributed by atoms with Gasteiger partial charge >= 0.3 is 0 Å². The monoisotopic (exact) mass is 325 g/mol. The smallest absolute Gasteiger partial charge is 0.246 e. The van der Waals surface area contributed by atoms with Crippen LogP contribution in [0.5, 0.6) is 0 Å². The second-order valence-electron chi connectivity index (χ2n) is 6.17. The van der Waals surface area contributed by atoms with Gasteiger partial charge in [0.25, 0.3) is 0 Å². The second kappa shape index (κ2) is 6.71. The fourth-order valence-electron chi connectivity index (χ4n) is 3.39. The highest BCUT2D eigenvalue weighted by Gasteiger charge is 2.30. The summed E-state index contributed by atoms with van der Waals surface area (Å²) >= 11 is 1.87. The van der Waals surface area contributed by atoms with E-state index in [9.17, 15) is 4.79 Å². The van der Waals surface area contributed by atoms with Crippen LogP contribution in [0, 0.1) is 6.92 Å². The van der Waals surface area contributed by atoms with Gasteiger partial charge in [-0.1, -0.05) is 44.2 Å². The highest BCUT2D eigenvalue weighted by atomic mass is 32.1. The average molecular weight is 325 g/mol. The number of nitrogens with zero attached hydrogens (tertiary/aromatic N) is 1. The van der Waals surface area contributed by atoms with Crippen LogP contribution in [0.2, 0.25) is 0 Å². The highest BCUT2D eigenvalue weighted by Crippen LogP contribution is 2.39. The third kappa shape index (κ3) is 3.11. The van der Waals surface area contributed by atoms with E-state index >= 15 is 0 Å². The summed E-state index contributed by atoms with van der Waals surface area (Å²) < 4.78 is 0. The maximum atomic E-state index is 12.2. The Labute approximate surface area is 142 Å². The van der Waals surface area contributed by atoms with Crippen molar-refractivity contribution in [2.24, 2.45) is 0 Å². The number of thiophene rings is 1. The zero-order chi connectivity index (χ0) is 16.4. The zero-order valence-corrected chi connectivity index (χ0v) is 14.7. The van der Waals surface area contributed by atoms with Gasteiger partial charge in [0, 0.05) is 22.2 Å². The fraction of sp³-hybridized carbons (Fsp3) is 0.350. The number of hydrogen-bond acceptors (Lipinski definition) is 2. The molecule has 1 aromatic heterocycles. The summed E-state index contributed by atoms with van der Waals surface area (Å²) in [4.78, 5) is 16.9. The Balaban J connectivity index is 2.05. The SMILES string of the molecule is C=CC(=O)N1Cc2sc(CCC)cc2[C@@H](c2ccccc2C)C1. The van der Waals surface area contributed by atoms with E-state index in [0.717, 1.165) is 25.9 Å². The number of fused-ring (bicyclic) bond motifs is 1.